The molecule has 5 rings (SSSR count). The second-order valence-electron chi connectivity index (χ2n) is 9.86. The molecule has 2 bridgehead atoms. The minimum atomic E-state index is -4.60. The maximum absolute atomic E-state index is 13.9. The van der Waals surface area contributed by atoms with Gasteiger partial charge in [0.2, 0.25) is 5.91 Å². The van der Waals surface area contributed by atoms with Gasteiger partial charge in [-0.25, -0.2) is 9.97 Å². The van der Waals surface area contributed by atoms with Crippen molar-refractivity contribution in [2.45, 2.75) is 50.6 Å². The number of alkyl halides is 3. The maximum atomic E-state index is 13.9. The molecule has 1 saturated carbocycles. The van der Waals surface area contributed by atoms with Crippen LogP contribution in [0, 0.1) is 15.5 Å². The second-order valence-corrected chi connectivity index (χ2v) is 10.3. The molecule has 2 aromatic carbocycles. The lowest BCUT2D eigenvalue weighted by Gasteiger charge is -2.39. The van der Waals surface area contributed by atoms with Crippen LogP contribution >= 0.6 is 11.6 Å². The van der Waals surface area contributed by atoms with E-state index in [4.69, 9.17) is 21.6 Å². The van der Waals surface area contributed by atoms with Crippen molar-refractivity contribution in [3.63, 3.8) is 0 Å². The average Bonchev–Trinajstić information content (AvgIpc) is 3.07. The molecular weight excluding hydrogens is 485 g/mol. The lowest BCUT2D eigenvalue weighted by molar-refractivity contribution is -0.384. The first-order valence-corrected chi connectivity index (χ1v) is 11.3. The third kappa shape index (κ3) is 3.01. The molecule has 1 aromatic heterocycles. The highest BCUT2D eigenvalue weighted by Gasteiger charge is 2.73. The molecule has 1 amide bonds. The first kappa shape index (κ1) is 23.5. The Morgan fingerprint density at radius 2 is 1.74 bits per heavy atom. The van der Waals surface area contributed by atoms with E-state index in [1.165, 1.54) is 18.2 Å². The van der Waals surface area contributed by atoms with Crippen LogP contribution in [0.15, 0.2) is 36.4 Å². The van der Waals surface area contributed by atoms with Gasteiger partial charge in [0, 0.05) is 17.5 Å². The molecule has 1 fully saturated rings. The number of non-ortho nitro benzene ring substituents is 1. The van der Waals surface area contributed by atoms with E-state index in [0.717, 1.165) is 18.2 Å². The fourth-order valence-electron chi connectivity index (χ4n) is 5.73. The van der Waals surface area contributed by atoms with E-state index in [1.807, 2.05) is 20.8 Å². The summed E-state index contributed by atoms with van der Waals surface area (Å²) in [6.07, 6.45) is -3.60. The Morgan fingerprint density at radius 1 is 1.06 bits per heavy atom. The molecular formula is C24H20ClF3N4O3. The average molecular weight is 505 g/mol. The first-order valence-electron chi connectivity index (χ1n) is 10.9. The molecule has 2 aliphatic rings. The zero-order chi connectivity index (χ0) is 25.6. The number of halogens is 4. The summed E-state index contributed by atoms with van der Waals surface area (Å²) in [5.41, 5.74) is -1.95. The summed E-state index contributed by atoms with van der Waals surface area (Å²) in [7, 11) is 0. The minimum Gasteiger partial charge on any atom is -0.324 e. The zero-order valence-electron chi connectivity index (χ0n) is 19.0. The predicted octanol–water partition coefficient (Wildman–Crippen LogP) is 6.18. The summed E-state index contributed by atoms with van der Waals surface area (Å²) in [6, 6.07) is 6.93. The molecule has 2 unspecified atom stereocenters. The van der Waals surface area contributed by atoms with E-state index in [9.17, 15) is 28.1 Å². The van der Waals surface area contributed by atoms with Crippen LogP contribution in [0.5, 0.6) is 0 Å². The van der Waals surface area contributed by atoms with E-state index >= 15 is 0 Å². The van der Waals surface area contributed by atoms with Crippen molar-refractivity contribution in [3.05, 3.63) is 68.5 Å². The monoisotopic (exact) mass is 504 g/mol. The first-order chi connectivity index (χ1) is 16.2. The number of fused-ring (bicyclic) bond motifs is 6. The Hall–Kier alpha value is -3.27. The Bertz CT molecular complexity index is 1440. The number of carbonyl (C=O) groups is 1. The number of nitro benzene ring substituents is 1. The summed E-state index contributed by atoms with van der Waals surface area (Å²) in [5.74, 6) is -0.537. The van der Waals surface area contributed by atoms with Gasteiger partial charge >= 0.3 is 6.18 Å². The van der Waals surface area contributed by atoms with Crippen LogP contribution < -0.4 is 5.32 Å². The minimum absolute atomic E-state index is 0.0280. The molecule has 1 heterocycles. The van der Waals surface area contributed by atoms with Gasteiger partial charge in [-0.1, -0.05) is 32.4 Å². The third-order valence-electron chi connectivity index (χ3n) is 8.16. The molecule has 0 spiro atoms. The van der Waals surface area contributed by atoms with Crippen molar-refractivity contribution in [2.24, 2.45) is 5.41 Å². The number of nitro groups is 1. The number of nitrogens with zero attached hydrogens (tertiary/aromatic N) is 3. The number of nitrogens with one attached hydrogen (secondary N) is 1. The number of hydrogen-bond acceptors (Lipinski definition) is 5. The number of carbonyl (C=O) groups excluding carboxylic acids is 1. The fraction of sp³-hybridized carbons (Fsp3) is 0.375. The van der Waals surface area contributed by atoms with E-state index in [2.05, 4.69) is 5.32 Å². The molecule has 0 radical (unpaired) electrons. The molecule has 35 heavy (non-hydrogen) atoms. The van der Waals surface area contributed by atoms with Gasteiger partial charge in [0.15, 0.2) is 0 Å². The van der Waals surface area contributed by atoms with E-state index < -0.39 is 38.8 Å². The van der Waals surface area contributed by atoms with Crippen molar-refractivity contribution in [2.75, 3.05) is 5.32 Å². The topological polar surface area (TPSA) is 98.0 Å². The number of hydrogen-bond donors (Lipinski definition) is 1. The van der Waals surface area contributed by atoms with Crippen LogP contribution in [-0.2, 0) is 21.8 Å². The van der Waals surface area contributed by atoms with Crippen LogP contribution in [0.4, 0.5) is 24.5 Å². The SMILES string of the molecule is CC12CCC(C(=O)Nc3cc(C(F)(F)F)ccc3Cl)(c3nc4cc([N+](=O)[O-])ccc4nc31)C2(C)C. The van der Waals surface area contributed by atoms with Crippen LogP contribution in [0.3, 0.4) is 0 Å². The Balaban J connectivity index is 1.67. The molecule has 0 aliphatic heterocycles. The summed E-state index contributed by atoms with van der Waals surface area (Å²) < 4.78 is 39.8. The number of rotatable bonds is 3. The number of amides is 1. The molecule has 7 nitrogen and oxygen atoms in total. The summed E-state index contributed by atoms with van der Waals surface area (Å²) >= 11 is 6.15. The molecule has 2 atom stereocenters. The standard InChI is InChI=1S/C24H20ClF3N4O3/c1-21(2)22(3)8-9-23(21,20(33)31-16-10-12(24(26,27)28)4-6-14(16)25)19-18(22)29-15-7-5-13(32(34)35)11-17(15)30-19/h4-7,10-11H,8-9H2,1-3H3,(H,31,33). The highest BCUT2D eigenvalue weighted by Crippen LogP contribution is 2.70. The molecule has 2 aliphatic carbocycles. The van der Waals surface area contributed by atoms with Gasteiger partial charge in [-0.3, -0.25) is 14.9 Å². The molecule has 3 aromatic rings. The van der Waals surface area contributed by atoms with Crippen LogP contribution in [-0.4, -0.2) is 20.8 Å². The van der Waals surface area contributed by atoms with Crippen molar-refractivity contribution in [1.82, 2.24) is 9.97 Å². The van der Waals surface area contributed by atoms with Gasteiger partial charge in [-0.05, 0) is 42.5 Å². The van der Waals surface area contributed by atoms with Crippen LogP contribution in [0.25, 0.3) is 11.0 Å². The molecule has 182 valence electrons. The Kier molecular flexibility index (Phi) is 4.78. The largest absolute Gasteiger partial charge is 0.416 e. The van der Waals surface area contributed by atoms with E-state index in [0.29, 0.717) is 29.7 Å². The fourth-order valence-corrected chi connectivity index (χ4v) is 5.90. The lowest BCUT2D eigenvalue weighted by Crippen LogP contribution is -2.48. The number of aromatic nitrogens is 2. The van der Waals surface area contributed by atoms with Crippen LogP contribution in [0.2, 0.25) is 5.02 Å². The van der Waals surface area contributed by atoms with Crippen LogP contribution in [0.1, 0.15) is 50.6 Å². The van der Waals surface area contributed by atoms with Crippen molar-refractivity contribution in [3.8, 4) is 0 Å². The normalized spacial score (nSPS) is 24.4. The van der Waals surface area contributed by atoms with Gasteiger partial charge < -0.3 is 5.32 Å². The zero-order valence-corrected chi connectivity index (χ0v) is 19.7. The Morgan fingerprint density at radius 3 is 2.40 bits per heavy atom. The Labute approximate surface area is 202 Å². The van der Waals surface area contributed by atoms with Gasteiger partial charge in [0.1, 0.15) is 0 Å². The number of anilines is 1. The van der Waals surface area contributed by atoms with E-state index in [-0.39, 0.29) is 21.9 Å². The second kappa shape index (κ2) is 7.13. The third-order valence-corrected chi connectivity index (χ3v) is 8.49. The summed E-state index contributed by atoms with van der Waals surface area (Å²) in [6.45, 7) is 5.84. The highest BCUT2D eigenvalue weighted by atomic mass is 35.5. The summed E-state index contributed by atoms with van der Waals surface area (Å²) in [4.78, 5) is 34.1. The van der Waals surface area contributed by atoms with Crippen molar-refractivity contribution in [1.29, 1.82) is 0 Å². The van der Waals surface area contributed by atoms with E-state index in [1.54, 1.807) is 0 Å². The predicted molar refractivity (Wildman–Crippen MR) is 123 cm³/mol. The number of benzene rings is 2. The van der Waals surface area contributed by atoms with Gasteiger partial charge in [-0.2, -0.15) is 13.2 Å². The molecule has 0 saturated heterocycles. The van der Waals surface area contributed by atoms with Gasteiger partial charge in [0.05, 0.1) is 49.0 Å². The van der Waals surface area contributed by atoms with Gasteiger partial charge in [-0.15, -0.1) is 0 Å². The molecule has 1 N–H and O–H groups in total. The molecule has 11 heteroatoms. The van der Waals surface area contributed by atoms with Crippen molar-refractivity contribution < 1.29 is 22.9 Å². The lowest BCUT2D eigenvalue weighted by atomic mass is 9.63. The smallest absolute Gasteiger partial charge is 0.324 e. The summed E-state index contributed by atoms with van der Waals surface area (Å²) in [5, 5.41) is 13.9. The van der Waals surface area contributed by atoms with Crippen molar-refractivity contribution >= 4 is 39.9 Å². The highest BCUT2D eigenvalue weighted by molar-refractivity contribution is 6.33. The maximum Gasteiger partial charge on any atom is 0.416 e. The quantitative estimate of drug-likeness (QED) is 0.339. The van der Waals surface area contributed by atoms with Gasteiger partial charge in [0.25, 0.3) is 5.69 Å².